The van der Waals surface area contributed by atoms with Crippen LogP contribution in [0, 0.1) is 6.92 Å². The average Bonchev–Trinajstić information content (AvgIpc) is 3.35. The van der Waals surface area contributed by atoms with E-state index in [2.05, 4.69) is 91.3 Å². The third-order valence-corrected chi connectivity index (χ3v) is 7.63. The zero-order valence-corrected chi connectivity index (χ0v) is 25.0. The first kappa shape index (κ1) is 29.1. The fourth-order valence-corrected chi connectivity index (χ4v) is 5.38. The number of imidazole rings is 1. The fourth-order valence-electron chi connectivity index (χ4n) is 5.38. The van der Waals surface area contributed by atoms with Crippen LogP contribution in [0.5, 0.6) is 5.75 Å². The van der Waals surface area contributed by atoms with Gasteiger partial charge in [-0.1, -0.05) is 92.7 Å². The minimum atomic E-state index is 0.0463. The van der Waals surface area contributed by atoms with Crippen LogP contribution >= 0.6 is 0 Å². The molecular formula is C37H41N3O2. The molecule has 1 N–H and O–H groups in total. The molecule has 42 heavy (non-hydrogen) atoms. The molecule has 5 heteroatoms. The minimum absolute atomic E-state index is 0.0463. The number of benzene rings is 4. The second-order valence-electron chi connectivity index (χ2n) is 11.3. The Morgan fingerprint density at radius 2 is 1.62 bits per heavy atom. The molecule has 0 bridgehead atoms. The van der Waals surface area contributed by atoms with Crippen LogP contribution in [0.4, 0.5) is 0 Å². The van der Waals surface area contributed by atoms with Gasteiger partial charge in [0.25, 0.3) is 0 Å². The third kappa shape index (κ3) is 7.47. The quantitative estimate of drug-likeness (QED) is 0.149. The second-order valence-corrected chi connectivity index (χ2v) is 11.3. The molecule has 0 saturated heterocycles. The van der Waals surface area contributed by atoms with E-state index in [0.717, 1.165) is 59.5 Å². The molecule has 0 radical (unpaired) electrons. The predicted molar refractivity (Wildman–Crippen MR) is 172 cm³/mol. The molecule has 0 fully saturated rings. The largest absolute Gasteiger partial charge is 0.493 e. The highest BCUT2D eigenvalue weighted by Crippen LogP contribution is 2.28. The van der Waals surface area contributed by atoms with Gasteiger partial charge in [0.2, 0.25) is 5.91 Å². The van der Waals surface area contributed by atoms with Crippen molar-refractivity contribution in [3.63, 3.8) is 0 Å². The summed E-state index contributed by atoms with van der Waals surface area (Å²) in [6.07, 6.45) is 2.90. The van der Waals surface area contributed by atoms with Crippen LogP contribution in [0.25, 0.3) is 22.2 Å². The van der Waals surface area contributed by atoms with Gasteiger partial charge in [-0.25, -0.2) is 4.98 Å². The normalized spacial score (nSPS) is 11.2. The van der Waals surface area contributed by atoms with Gasteiger partial charge >= 0.3 is 0 Å². The van der Waals surface area contributed by atoms with Crippen molar-refractivity contribution in [2.24, 2.45) is 0 Å². The van der Waals surface area contributed by atoms with E-state index in [4.69, 9.17) is 9.72 Å². The highest BCUT2D eigenvalue weighted by molar-refractivity contribution is 5.79. The third-order valence-electron chi connectivity index (χ3n) is 7.63. The van der Waals surface area contributed by atoms with Crippen molar-refractivity contribution in [3.05, 3.63) is 120 Å². The number of hydrogen-bond donors (Lipinski definition) is 1. The van der Waals surface area contributed by atoms with E-state index >= 15 is 0 Å². The molecule has 1 amide bonds. The monoisotopic (exact) mass is 559 g/mol. The van der Waals surface area contributed by atoms with Gasteiger partial charge in [-0.3, -0.25) is 4.79 Å². The predicted octanol–water partition coefficient (Wildman–Crippen LogP) is 7.90. The number of aromatic nitrogens is 2. The molecule has 5 aromatic rings. The number of nitrogens with one attached hydrogen (secondary N) is 1. The van der Waals surface area contributed by atoms with Crippen molar-refractivity contribution in [1.29, 1.82) is 0 Å². The molecule has 0 atom stereocenters. The number of rotatable bonds is 13. The van der Waals surface area contributed by atoms with Crippen LogP contribution in [0.2, 0.25) is 0 Å². The molecule has 0 aliphatic rings. The summed E-state index contributed by atoms with van der Waals surface area (Å²) in [5.41, 5.74) is 7.97. The average molecular weight is 560 g/mol. The Balaban J connectivity index is 1.12. The summed E-state index contributed by atoms with van der Waals surface area (Å²) >= 11 is 0. The first-order chi connectivity index (χ1) is 20.5. The Kier molecular flexibility index (Phi) is 9.70. The summed E-state index contributed by atoms with van der Waals surface area (Å²) in [6, 6.07) is 33.3. The van der Waals surface area contributed by atoms with Gasteiger partial charge in [-0.05, 0) is 71.7 Å². The van der Waals surface area contributed by atoms with Gasteiger partial charge in [0, 0.05) is 19.5 Å². The molecule has 0 aliphatic heterocycles. The zero-order valence-electron chi connectivity index (χ0n) is 25.0. The highest BCUT2D eigenvalue weighted by atomic mass is 16.5. The van der Waals surface area contributed by atoms with Crippen LogP contribution in [0.1, 0.15) is 55.1 Å². The summed E-state index contributed by atoms with van der Waals surface area (Å²) in [4.78, 5) is 17.5. The van der Waals surface area contributed by atoms with Gasteiger partial charge < -0.3 is 14.6 Å². The topological polar surface area (TPSA) is 56.1 Å². The molecule has 0 unspecified atom stereocenters. The number of amides is 1. The molecule has 216 valence electrons. The van der Waals surface area contributed by atoms with E-state index in [0.29, 0.717) is 25.5 Å². The smallest absolute Gasteiger partial charge is 0.224 e. The Labute approximate surface area is 249 Å². The van der Waals surface area contributed by atoms with Gasteiger partial charge in [0.1, 0.15) is 11.6 Å². The van der Waals surface area contributed by atoms with E-state index in [1.165, 1.54) is 16.7 Å². The molecule has 4 aromatic carbocycles. The number of hydrogen-bond acceptors (Lipinski definition) is 3. The van der Waals surface area contributed by atoms with Crippen LogP contribution in [0.15, 0.2) is 97.1 Å². The summed E-state index contributed by atoms with van der Waals surface area (Å²) in [7, 11) is 0. The first-order valence-corrected chi connectivity index (χ1v) is 15.1. The lowest BCUT2D eigenvalue weighted by Gasteiger charge is -2.15. The fraction of sp³-hybridized carbons (Fsp3) is 0.297. The molecule has 0 aliphatic carbocycles. The van der Waals surface area contributed by atoms with Crippen molar-refractivity contribution in [2.75, 3.05) is 13.2 Å². The summed E-state index contributed by atoms with van der Waals surface area (Å²) in [5, 5.41) is 3.09. The van der Waals surface area contributed by atoms with Crippen LogP contribution in [0.3, 0.4) is 0 Å². The maximum absolute atomic E-state index is 12.6. The number of fused-ring (bicyclic) bond motifs is 1. The Morgan fingerprint density at radius 1 is 0.881 bits per heavy atom. The number of para-hydroxylation sites is 2. The van der Waals surface area contributed by atoms with Crippen molar-refractivity contribution >= 4 is 16.9 Å². The molecule has 0 saturated carbocycles. The maximum atomic E-state index is 12.6. The highest BCUT2D eigenvalue weighted by Gasteiger charge is 2.12. The van der Waals surface area contributed by atoms with E-state index < -0.39 is 0 Å². The van der Waals surface area contributed by atoms with E-state index in [1.807, 2.05) is 36.4 Å². The van der Waals surface area contributed by atoms with Crippen molar-refractivity contribution in [1.82, 2.24) is 14.9 Å². The number of carbonyl (C=O) groups is 1. The van der Waals surface area contributed by atoms with Crippen molar-refractivity contribution in [2.45, 2.75) is 58.9 Å². The Morgan fingerprint density at radius 3 is 2.40 bits per heavy atom. The van der Waals surface area contributed by atoms with Crippen LogP contribution in [-0.4, -0.2) is 28.6 Å². The number of carbonyl (C=O) groups excluding carboxylic acids is 1. The minimum Gasteiger partial charge on any atom is -0.493 e. The summed E-state index contributed by atoms with van der Waals surface area (Å²) in [6.45, 7) is 8.62. The van der Waals surface area contributed by atoms with Gasteiger partial charge in [-0.15, -0.1) is 0 Å². The number of nitrogens with zero attached hydrogens (tertiary/aromatic N) is 2. The van der Waals surface area contributed by atoms with Crippen molar-refractivity contribution in [3.8, 4) is 16.9 Å². The molecule has 5 nitrogen and oxygen atoms in total. The lowest BCUT2D eigenvalue weighted by molar-refractivity contribution is -0.120. The molecule has 0 spiro atoms. The lowest BCUT2D eigenvalue weighted by atomic mass is 10.0. The van der Waals surface area contributed by atoms with Crippen LogP contribution in [-0.2, 0) is 24.2 Å². The second kappa shape index (κ2) is 14.0. The SMILES string of the molecule is Cc1ccc(C(C)C)c(OCCCn2c(CCCNC(=O)Cc3ccc(-c4ccccc4)cc3)nc3ccccc32)c1. The maximum Gasteiger partial charge on any atom is 0.224 e. The van der Waals surface area contributed by atoms with Crippen LogP contribution < -0.4 is 10.1 Å². The molecular weight excluding hydrogens is 518 g/mol. The Bertz CT molecular complexity index is 1600. The number of ether oxygens (including phenoxy) is 1. The summed E-state index contributed by atoms with van der Waals surface area (Å²) in [5.74, 6) is 2.51. The zero-order chi connectivity index (χ0) is 29.3. The van der Waals surface area contributed by atoms with Gasteiger partial charge in [0.05, 0.1) is 24.1 Å². The first-order valence-electron chi connectivity index (χ1n) is 15.1. The van der Waals surface area contributed by atoms with Gasteiger partial charge in [0.15, 0.2) is 0 Å². The summed E-state index contributed by atoms with van der Waals surface area (Å²) < 4.78 is 8.56. The van der Waals surface area contributed by atoms with Gasteiger partial charge in [-0.2, -0.15) is 0 Å². The van der Waals surface area contributed by atoms with E-state index in [-0.39, 0.29) is 5.91 Å². The molecule has 1 aromatic heterocycles. The van der Waals surface area contributed by atoms with E-state index in [1.54, 1.807) is 0 Å². The molecule has 5 rings (SSSR count). The Hall–Kier alpha value is -4.38. The standard InChI is InChI=1S/C37H41N3O2/c1-27(2)32-21-16-28(3)25-35(32)42-24-10-23-40-34-14-8-7-13-33(34)39-36(40)15-9-22-38-37(41)26-29-17-19-31(20-18-29)30-11-5-4-6-12-30/h4-8,11-14,16-21,25,27H,9-10,15,22-24,26H2,1-3H3,(H,38,41). The molecule has 1 heterocycles. The van der Waals surface area contributed by atoms with E-state index in [9.17, 15) is 4.79 Å². The number of aryl methyl sites for hydroxylation is 3. The van der Waals surface area contributed by atoms with Crippen molar-refractivity contribution < 1.29 is 9.53 Å². The lowest BCUT2D eigenvalue weighted by Crippen LogP contribution is -2.26.